The predicted octanol–water partition coefficient (Wildman–Crippen LogP) is 0.955. The first-order valence-corrected chi connectivity index (χ1v) is 17.0. The Morgan fingerprint density at radius 2 is 1.60 bits per heavy atom. The van der Waals surface area contributed by atoms with Crippen molar-refractivity contribution in [1.29, 1.82) is 0 Å². The molecule has 0 saturated carbocycles. The Balaban J connectivity index is 1.58. The summed E-state index contributed by atoms with van der Waals surface area (Å²) >= 11 is 0. The molecule has 2 N–H and O–H groups in total. The number of benzene rings is 2. The number of hydrogen-bond donors (Lipinski definition) is 2. The third kappa shape index (κ3) is 8.84. The van der Waals surface area contributed by atoms with E-state index in [1.54, 1.807) is 54.6 Å². The maximum absolute atomic E-state index is 13.5. The quantitative estimate of drug-likeness (QED) is 0.277. The number of nitrogens with zero attached hydrogens (tertiary/aromatic N) is 2. The lowest BCUT2D eigenvalue weighted by Gasteiger charge is -2.29. The van der Waals surface area contributed by atoms with Crippen molar-refractivity contribution in [3.8, 4) is 0 Å². The summed E-state index contributed by atoms with van der Waals surface area (Å²) in [6, 6.07) is 11.2. The molecule has 4 rings (SSSR count). The summed E-state index contributed by atoms with van der Waals surface area (Å²) in [7, 11) is -7.50. The number of ether oxygens (including phenoxy) is 1. The minimum Gasteiger partial charge on any atom is -0.434 e. The number of Topliss-reactive ketones (excluding diaryl/α,β-unsaturated/α-hetero) is 1. The summed E-state index contributed by atoms with van der Waals surface area (Å²) in [5.74, 6) is -3.73. The van der Waals surface area contributed by atoms with Crippen molar-refractivity contribution in [1.82, 2.24) is 20.5 Å². The van der Waals surface area contributed by atoms with E-state index in [0.29, 0.717) is 16.7 Å². The standard InChI is InChI=1S/C27H32N4O9S2/c1-41(35,36)16-11-21(24(32)26-29-20-9-5-6-10-23(20)40-26)28-25(33)22(30-27(34)31-12-14-39-15-13-31)18-42(37,38)17-19-7-3-2-4-8-19/h2-10,21-22H,11-18H2,1H3,(H,28,33)(H,30,34)/t21-,22-/m0/s1. The monoisotopic (exact) mass is 620 g/mol. The molecule has 1 fully saturated rings. The first-order chi connectivity index (χ1) is 19.9. The minimum atomic E-state index is -3.95. The highest BCUT2D eigenvalue weighted by Gasteiger charge is 2.34. The molecular weight excluding hydrogens is 588 g/mol. The molecule has 3 aromatic rings. The van der Waals surface area contributed by atoms with Gasteiger partial charge < -0.3 is 24.7 Å². The molecule has 0 radical (unpaired) electrons. The maximum Gasteiger partial charge on any atom is 0.318 e. The van der Waals surface area contributed by atoms with Crippen LogP contribution in [0.1, 0.15) is 22.7 Å². The number of fused-ring (bicyclic) bond motifs is 1. The van der Waals surface area contributed by atoms with Gasteiger partial charge in [-0.1, -0.05) is 42.5 Å². The number of para-hydroxylation sites is 2. The van der Waals surface area contributed by atoms with Gasteiger partial charge in [-0.3, -0.25) is 9.59 Å². The smallest absolute Gasteiger partial charge is 0.318 e. The zero-order valence-electron chi connectivity index (χ0n) is 22.9. The molecule has 2 heterocycles. The topological polar surface area (TPSA) is 182 Å². The van der Waals surface area contributed by atoms with Crippen LogP contribution in [0.4, 0.5) is 4.79 Å². The summed E-state index contributed by atoms with van der Waals surface area (Å²) in [6.45, 7) is 1.04. The molecule has 2 atom stereocenters. The molecule has 0 bridgehead atoms. The Kier molecular flexibility index (Phi) is 9.96. The number of aromatic nitrogens is 1. The second-order valence-corrected chi connectivity index (χ2v) is 14.3. The van der Waals surface area contributed by atoms with E-state index in [1.807, 2.05) is 0 Å². The Hall–Kier alpha value is -3.82. The molecule has 15 heteroatoms. The van der Waals surface area contributed by atoms with E-state index in [-0.39, 0.29) is 44.4 Å². The van der Waals surface area contributed by atoms with E-state index in [4.69, 9.17) is 9.15 Å². The summed E-state index contributed by atoms with van der Waals surface area (Å²) in [4.78, 5) is 45.4. The van der Waals surface area contributed by atoms with Gasteiger partial charge in [-0.15, -0.1) is 0 Å². The van der Waals surface area contributed by atoms with Crippen LogP contribution in [0.3, 0.4) is 0 Å². The highest BCUT2D eigenvalue weighted by molar-refractivity contribution is 7.90. The first-order valence-electron chi connectivity index (χ1n) is 13.2. The number of carbonyl (C=O) groups excluding carboxylic acids is 3. The summed E-state index contributed by atoms with van der Waals surface area (Å²) in [5, 5.41) is 4.93. The first kappa shape index (κ1) is 31.1. The Morgan fingerprint density at radius 1 is 0.929 bits per heavy atom. The SMILES string of the molecule is CS(=O)(=O)CC[C@H](NC(=O)[C@H](CS(=O)(=O)Cc1ccccc1)NC(=O)N1CCOCC1)C(=O)c1nc2ccccc2o1. The van der Waals surface area contributed by atoms with Gasteiger partial charge in [0.1, 0.15) is 21.4 Å². The van der Waals surface area contributed by atoms with Crippen molar-refractivity contribution < 1.29 is 40.4 Å². The van der Waals surface area contributed by atoms with Crippen molar-refractivity contribution >= 4 is 48.5 Å². The van der Waals surface area contributed by atoms with Crippen molar-refractivity contribution in [3.63, 3.8) is 0 Å². The third-order valence-electron chi connectivity index (χ3n) is 6.48. The number of hydrogen-bond acceptors (Lipinski definition) is 10. The highest BCUT2D eigenvalue weighted by Crippen LogP contribution is 2.17. The summed E-state index contributed by atoms with van der Waals surface area (Å²) < 4.78 is 60.9. The van der Waals surface area contributed by atoms with Crippen LogP contribution in [0.15, 0.2) is 59.0 Å². The molecule has 0 aliphatic carbocycles. The largest absolute Gasteiger partial charge is 0.434 e. The van der Waals surface area contributed by atoms with E-state index in [1.165, 1.54) is 4.90 Å². The normalized spacial score (nSPS) is 15.6. The molecule has 1 aliphatic rings. The highest BCUT2D eigenvalue weighted by atomic mass is 32.2. The van der Waals surface area contributed by atoms with E-state index < -0.39 is 61.0 Å². The minimum absolute atomic E-state index is 0.240. The third-order valence-corrected chi connectivity index (χ3v) is 9.07. The molecular formula is C27H32N4O9S2. The van der Waals surface area contributed by atoms with Crippen LogP contribution in [-0.2, 0) is 35.0 Å². The Bertz CT molecular complexity index is 1600. The van der Waals surface area contributed by atoms with Gasteiger partial charge in [0, 0.05) is 19.3 Å². The van der Waals surface area contributed by atoms with Crippen molar-refractivity contribution in [2.75, 3.05) is 44.1 Å². The van der Waals surface area contributed by atoms with E-state index in [0.717, 1.165) is 6.26 Å². The van der Waals surface area contributed by atoms with E-state index >= 15 is 0 Å². The Morgan fingerprint density at radius 3 is 2.26 bits per heavy atom. The second kappa shape index (κ2) is 13.4. The zero-order chi connectivity index (χ0) is 30.3. The Labute approximate surface area is 243 Å². The fourth-order valence-electron chi connectivity index (χ4n) is 4.33. The van der Waals surface area contributed by atoms with Gasteiger partial charge in [0.25, 0.3) is 5.89 Å². The summed E-state index contributed by atoms with van der Waals surface area (Å²) in [6.07, 6.45) is 0.653. The molecule has 3 amide bonds. The van der Waals surface area contributed by atoms with Crippen LogP contribution in [-0.4, -0.2) is 101 Å². The lowest BCUT2D eigenvalue weighted by atomic mass is 10.1. The van der Waals surface area contributed by atoms with Crippen molar-refractivity contribution in [2.24, 2.45) is 0 Å². The fourth-order valence-corrected chi connectivity index (χ4v) is 6.56. The molecule has 13 nitrogen and oxygen atoms in total. The average molecular weight is 621 g/mol. The average Bonchev–Trinajstić information content (AvgIpc) is 3.39. The molecule has 42 heavy (non-hydrogen) atoms. The zero-order valence-corrected chi connectivity index (χ0v) is 24.5. The number of morpholine rings is 1. The van der Waals surface area contributed by atoms with Crippen LogP contribution in [0, 0.1) is 0 Å². The van der Waals surface area contributed by atoms with Gasteiger partial charge in [-0.2, -0.15) is 0 Å². The van der Waals surface area contributed by atoms with Crippen molar-refractivity contribution in [2.45, 2.75) is 24.3 Å². The second-order valence-electron chi connectivity index (χ2n) is 9.97. The van der Waals surface area contributed by atoms with Crippen LogP contribution >= 0.6 is 0 Å². The van der Waals surface area contributed by atoms with Gasteiger partial charge >= 0.3 is 6.03 Å². The van der Waals surface area contributed by atoms with Crippen LogP contribution in [0.25, 0.3) is 11.1 Å². The molecule has 1 aliphatic heterocycles. The number of oxazole rings is 1. The van der Waals surface area contributed by atoms with Gasteiger partial charge in [0.15, 0.2) is 15.4 Å². The number of nitrogens with one attached hydrogen (secondary N) is 2. The van der Waals surface area contributed by atoms with E-state index in [9.17, 15) is 31.2 Å². The number of carbonyl (C=O) groups is 3. The van der Waals surface area contributed by atoms with E-state index in [2.05, 4.69) is 15.6 Å². The van der Waals surface area contributed by atoms with Crippen LogP contribution in [0.5, 0.6) is 0 Å². The molecule has 226 valence electrons. The number of sulfone groups is 2. The van der Waals surface area contributed by atoms with Crippen molar-refractivity contribution in [3.05, 3.63) is 66.1 Å². The van der Waals surface area contributed by atoms with Gasteiger partial charge in [0.2, 0.25) is 11.7 Å². The van der Waals surface area contributed by atoms with Gasteiger partial charge in [-0.25, -0.2) is 26.6 Å². The summed E-state index contributed by atoms with van der Waals surface area (Å²) in [5.41, 5.74) is 1.20. The number of ketones is 1. The molecule has 1 saturated heterocycles. The molecule has 0 spiro atoms. The number of urea groups is 1. The number of rotatable bonds is 12. The van der Waals surface area contributed by atoms with Gasteiger partial charge in [0.05, 0.1) is 36.5 Å². The lowest BCUT2D eigenvalue weighted by Crippen LogP contribution is -2.57. The van der Waals surface area contributed by atoms with Crippen LogP contribution in [0.2, 0.25) is 0 Å². The maximum atomic E-state index is 13.5. The molecule has 1 aromatic heterocycles. The molecule has 0 unspecified atom stereocenters. The fraction of sp³-hybridized carbons (Fsp3) is 0.407. The molecule has 2 aromatic carbocycles. The predicted molar refractivity (Wildman–Crippen MR) is 153 cm³/mol. The number of amides is 3. The van der Waals surface area contributed by atoms with Gasteiger partial charge in [-0.05, 0) is 24.1 Å². The lowest BCUT2D eigenvalue weighted by molar-refractivity contribution is -0.123. The van der Waals surface area contributed by atoms with Crippen LogP contribution < -0.4 is 10.6 Å².